The number of carbonyl (C=O) groups excluding carboxylic acids is 1. The van der Waals surface area contributed by atoms with Gasteiger partial charge in [0.1, 0.15) is 5.69 Å². The van der Waals surface area contributed by atoms with Crippen molar-refractivity contribution in [1.82, 2.24) is 20.0 Å². The van der Waals surface area contributed by atoms with Crippen LogP contribution in [0.4, 0.5) is 0 Å². The first-order chi connectivity index (χ1) is 13.4. The van der Waals surface area contributed by atoms with Gasteiger partial charge in [-0.25, -0.2) is 9.69 Å². The summed E-state index contributed by atoms with van der Waals surface area (Å²) in [5.41, 5.74) is 5.41. The molecule has 0 N–H and O–H groups in total. The van der Waals surface area contributed by atoms with Gasteiger partial charge in [-0.15, -0.1) is 5.10 Å². The third-order valence-electron chi connectivity index (χ3n) is 4.91. The highest BCUT2D eigenvalue weighted by Crippen LogP contribution is 2.34. The van der Waals surface area contributed by atoms with Crippen LogP contribution in [0.25, 0.3) is 5.69 Å². The van der Waals surface area contributed by atoms with E-state index in [-0.39, 0.29) is 11.9 Å². The zero-order valence-electron chi connectivity index (χ0n) is 15.9. The van der Waals surface area contributed by atoms with Gasteiger partial charge in [-0.2, -0.15) is 5.10 Å². The molecule has 2 heterocycles. The molecule has 2 aromatic carbocycles. The molecular formula is C21H20ClN5O. The van der Waals surface area contributed by atoms with Crippen LogP contribution >= 0.6 is 11.6 Å². The summed E-state index contributed by atoms with van der Waals surface area (Å²) in [5, 5.41) is 15.4. The molecule has 0 bridgehead atoms. The fourth-order valence-corrected chi connectivity index (χ4v) is 3.64. The molecule has 6 nitrogen and oxygen atoms in total. The quantitative estimate of drug-likeness (QED) is 0.668. The first-order valence-corrected chi connectivity index (χ1v) is 9.44. The van der Waals surface area contributed by atoms with Gasteiger partial charge in [0.15, 0.2) is 0 Å². The number of aryl methyl sites for hydroxylation is 1. The molecule has 0 saturated carbocycles. The van der Waals surface area contributed by atoms with Gasteiger partial charge in [0.05, 0.1) is 23.1 Å². The van der Waals surface area contributed by atoms with Gasteiger partial charge in [-0.1, -0.05) is 46.6 Å². The van der Waals surface area contributed by atoms with Crippen LogP contribution in [0.2, 0.25) is 5.02 Å². The van der Waals surface area contributed by atoms with E-state index in [0.29, 0.717) is 17.1 Å². The smallest absolute Gasteiger partial charge is 0.240 e. The van der Waals surface area contributed by atoms with Crippen LogP contribution in [0, 0.1) is 13.8 Å². The largest absolute Gasteiger partial charge is 0.273 e. The Kier molecular flexibility index (Phi) is 4.73. The van der Waals surface area contributed by atoms with Gasteiger partial charge in [-0.05, 0) is 43.7 Å². The van der Waals surface area contributed by atoms with Crippen LogP contribution in [0.5, 0.6) is 0 Å². The predicted octanol–water partition coefficient (Wildman–Crippen LogP) is 4.24. The van der Waals surface area contributed by atoms with E-state index >= 15 is 0 Å². The van der Waals surface area contributed by atoms with Crippen molar-refractivity contribution in [2.75, 3.05) is 0 Å². The summed E-state index contributed by atoms with van der Waals surface area (Å²) in [5.74, 6) is -0.122. The van der Waals surface area contributed by atoms with Crippen molar-refractivity contribution < 1.29 is 4.79 Å². The number of benzene rings is 2. The Balaban J connectivity index is 1.69. The molecule has 0 spiro atoms. The average molecular weight is 394 g/mol. The van der Waals surface area contributed by atoms with Gasteiger partial charge in [0.2, 0.25) is 5.91 Å². The van der Waals surface area contributed by atoms with Crippen LogP contribution in [0.3, 0.4) is 0 Å². The van der Waals surface area contributed by atoms with E-state index in [1.807, 2.05) is 62.4 Å². The van der Waals surface area contributed by atoms with Gasteiger partial charge in [0.25, 0.3) is 0 Å². The molecule has 0 saturated heterocycles. The fraction of sp³-hybridized carbons (Fsp3) is 0.238. The number of hydrazone groups is 1. The van der Waals surface area contributed by atoms with Crippen molar-refractivity contribution in [3.8, 4) is 5.69 Å². The standard InChI is InChI=1S/C21H20ClN5O/c1-13-7-9-18(10-8-13)26-14(2)21(23-25-26)19-12-20(27(24-19)15(3)28)16-5-4-6-17(22)11-16/h4-11,20H,12H2,1-3H3/t20-/m0/s1. The van der Waals surface area contributed by atoms with E-state index in [2.05, 4.69) is 15.4 Å². The monoisotopic (exact) mass is 393 g/mol. The molecular weight excluding hydrogens is 374 g/mol. The highest BCUT2D eigenvalue weighted by atomic mass is 35.5. The highest BCUT2D eigenvalue weighted by Gasteiger charge is 2.33. The molecule has 142 valence electrons. The highest BCUT2D eigenvalue weighted by molar-refractivity contribution is 6.30. The Morgan fingerprint density at radius 3 is 2.57 bits per heavy atom. The molecule has 0 radical (unpaired) electrons. The average Bonchev–Trinajstić information content (AvgIpc) is 3.26. The summed E-state index contributed by atoms with van der Waals surface area (Å²) in [6.07, 6.45) is 0.563. The van der Waals surface area contributed by atoms with E-state index in [1.165, 1.54) is 17.5 Å². The molecule has 7 heteroatoms. The van der Waals surface area contributed by atoms with Gasteiger partial charge < -0.3 is 0 Å². The van der Waals surface area contributed by atoms with E-state index in [9.17, 15) is 4.79 Å². The molecule has 1 aliphatic rings. The van der Waals surface area contributed by atoms with Crippen molar-refractivity contribution in [2.45, 2.75) is 33.2 Å². The van der Waals surface area contributed by atoms with Crippen molar-refractivity contribution in [1.29, 1.82) is 0 Å². The van der Waals surface area contributed by atoms with Crippen LogP contribution in [-0.2, 0) is 4.79 Å². The SMILES string of the molecule is CC(=O)N1N=C(c2nnn(-c3ccc(C)cc3)c2C)C[C@H]1c1cccc(Cl)c1. The molecule has 0 aliphatic carbocycles. The zero-order chi connectivity index (χ0) is 19.8. The third-order valence-corrected chi connectivity index (χ3v) is 5.15. The van der Waals surface area contributed by atoms with Crippen molar-refractivity contribution in [2.24, 2.45) is 5.10 Å². The number of aromatic nitrogens is 3. The number of hydrogen-bond donors (Lipinski definition) is 0. The number of amides is 1. The zero-order valence-corrected chi connectivity index (χ0v) is 16.7. The van der Waals surface area contributed by atoms with Gasteiger partial charge >= 0.3 is 0 Å². The molecule has 3 aromatic rings. The summed E-state index contributed by atoms with van der Waals surface area (Å²) in [7, 11) is 0. The molecule has 1 aliphatic heterocycles. The van der Waals surface area contributed by atoms with Crippen LogP contribution in [-0.4, -0.2) is 31.6 Å². The number of rotatable bonds is 3. The molecule has 1 aromatic heterocycles. The Morgan fingerprint density at radius 1 is 1.14 bits per heavy atom. The van der Waals surface area contributed by atoms with Crippen LogP contribution < -0.4 is 0 Å². The number of hydrogen-bond acceptors (Lipinski definition) is 4. The summed E-state index contributed by atoms with van der Waals surface area (Å²) in [4.78, 5) is 12.2. The molecule has 0 unspecified atom stereocenters. The summed E-state index contributed by atoms with van der Waals surface area (Å²) < 4.78 is 1.79. The lowest BCUT2D eigenvalue weighted by atomic mass is 10.00. The first kappa shape index (κ1) is 18.4. The normalized spacial score (nSPS) is 16.4. The Bertz CT molecular complexity index is 1070. The van der Waals surface area contributed by atoms with Crippen molar-refractivity contribution >= 4 is 23.2 Å². The van der Waals surface area contributed by atoms with Crippen molar-refractivity contribution in [3.05, 3.63) is 76.1 Å². The minimum atomic E-state index is -0.199. The second-order valence-electron chi connectivity index (χ2n) is 6.96. The van der Waals surface area contributed by atoms with E-state index < -0.39 is 0 Å². The predicted molar refractivity (Wildman–Crippen MR) is 109 cm³/mol. The molecule has 4 rings (SSSR count). The molecule has 28 heavy (non-hydrogen) atoms. The summed E-state index contributed by atoms with van der Waals surface area (Å²) >= 11 is 6.14. The molecule has 1 amide bonds. The van der Waals surface area contributed by atoms with E-state index in [0.717, 1.165) is 22.7 Å². The summed E-state index contributed by atoms with van der Waals surface area (Å²) in [6.45, 7) is 5.52. The topological polar surface area (TPSA) is 63.4 Å². The van der Waals surface area contributed by atoms with Crippen LogP contribution in [0.1, 0.15) is 41.9 Å². The second-order valence-corrected chi connectivity index (χ2v) is 7.39. The minimum Gasteiger partial charge on any atom is -0.273 e. The van der Waals surface area contributed by atoms with Gasteiger partial charge in [0, 0.05) is 18.4 Å². The second kappa shape index (κ2) is 7.20. The Hall–Kier alpha value is -2.99. The maximum absolute atomic E-state index is 12.2. The fourth-order valence-electron chi connectivity index (χ4n) is 3.44. The summed E-state index contributed by atoms with van der Waals surface area (Å²) in [6, 6.07) is 15.4. The lowest BCUT2D eigenvalue weighted by Gasteiger charge is -2.20. The maximum atomic E-state index is 12.2. The molecule has 1 atom stereocenters. The first-order valence-electron chi connectivity index (χ1n) is 9.06. The van der Waals surface area contributed by atoms with E-state index in [1.54, 1.807) is 4.68 Å². The Morgan fingerprint density at radius 2 is 1.89 bits per heavy atom. The number of nitrogens with zero attached hydrogens (tertiary/aromatic N) is 5. The van der Waals surface area contributed by atoms with Crippen LogP contribution in [0.15, 0.2) is 53.6 Å². The number of carbonyl (C=O) groups is 1. The maximum Gasteiger partial charge on any atom is 0.240 e. The van der Waals surface area contributed by atoms with E-state index in [4.69, 9.17) is 11.6 Å². The lowest BCUT2D eigenvalue weighted by molar-refractivity contribution is -0.130. The Labute approximate surface area is 168 Å². The minimum absolute atomic E-state index is 0.122. The van der Waals surface area contributed by atoms with Gasteiger partial charge in [-0.3, -0.25) is 4.79 Å². The van der Waals surface area contributed by atoms with Crippen molar-refractivity contribution in [3.63, 3.8) is 0 Å². The molecule has 0 fully saturated rings. The third kappa shape index (κ3) is 3.31. The number of halogens is 1. The lowest BCUT2D eigenvalue weighted by Crippen LogP contribution is -2.24.